The van der Waals surface area contributed by atoms with Crippen molar-refractivity contribution in [2.75, 3.05) is 13.1 Å². The fraction of sp³-hybridized carbons (Fsp3) is 0.750. The molecular weight excluding hydrogens is 294 g/mol. The van der Waals surface area contributed by atoms with Crippen molar-refractivity contribution in [2.24, 2.45) is 18.8 Å². The zero-order valence-corrected chi connectivity index (χ0v) is 14.6. The van der Waals surface area contributed by atoms with Crippen molar-refractivity contribution in [3.05, 3.63) is 18.2 Å². The predicted molar refractivity (Wildman–Crippen MR) is 88.6 cm³/mol. The molecule has 2 heterocycles. The Balaban J connectivity index is 1.86. The summed E-state index contributed by atoms with van der Waals surface area (Å²) < 4.78 is 7.46. The van der Waals surface area contributed by atoms with Gasteiger partial charge in [-0.3, -0.25) is 11.3 Å². The van der Waals surface area contributed by atoms with Crippen molar-refractivity contribution < 1.29 is 9.53 Å². The maximum Gasteiger partial charge on any atom is 0.410 e. The lowest BCUT2D eigenvalue weighted by Crippen LogP contribution is -2.43. The van der Waals surface area contributed by atoms with Gasteiger partial charge in [0.1, 0.15) is 11.4 Å². The highest BCUT2D eigenvalue weighted by Gasteiger charge is 2.33. The highest BCUT2D eigenvalue weighted by Crippen LogP contribution is 2.24. The number of ether oxygens (including phenoxy) is 1. The van der Waals surface area contributed by atoms with Gasteiger partial charge < -0.3 is 14.2 Å². The first-order chi connectivity index (χ1) is 10.8. The molecule has 0 aromatic carbocycles. The van der Waals surface area contributed by atoms with Crippen LogP contribution in [-0.2, 0) is 18.2 Å². The number of carbonyl (C=O) groups excluding carboxylic acids is 1. The lowest BCUT2D eigenvalue weighted by Gasteiger charge is -2.26. The van der Waals surface area contributed by atoms with Gasteiger partial charge in [-0.2, -0.15) is 0 Å². The van der Waals surface area contributed by atoms with Gasteiger partial charge in [0.05, 0.1) is 0 Å². The SMILES string of the molecule is Cn1ccnc1CCC(NN)C1CCN(C(=O)OC(C)(C)C)C1. The summed E-state index contributed by atoms with van der Waals surface area (Å²) in [5.41, 5.74) is 2.46. The van der Waals surface area contributed by atoms with Crippen LogP contribution in [0.2, 0.25) is 0 Å². The van der Waals surface area contributed by atoms with Gasteiger partial charge >= 0.3 is 6.09 Å². The summed E-state index contributed by atoms with van der Waals surface area (Å²) in [7, 11) is 1.99. The number of hydrazine groups is 1. The Morgan fingerprint density at radius 2 is 2.30 bits per heavy atom. The predicted octanol–water partition coefficient (Wildman–Crippen LogP) is 1.44. The van der Waals surface area contributed by atoms with Crippen LogP contribution >= 0.6 is 0 Å². The summed E-state index contributed by atoms with van der Waals surface area (Å²) in [6, 6.07) is 0.166. The number of amides is 1. The van der Waals surface area contributed by atoms with Crippen molar-refractivity contribution in [3.63, 3.8) is 0 Å². The molecule has 1 aliphatic heterocycles. The molecule has 0 radical (unpaired) electrons. The average Bonchev–Trinajstić information content (AvgIpc) is 3.08. The van der Waals surface area contributed by atoms with Crippen LogP contribution in [0.4, 0.5) is 4.79 Å². The van der Waals surface area contributed by atoms with E-state index in [1.54, 1.807) is 11.1 Å². The first-order valence-electron chi connectivity index (χ1n) is 8.20. The number of nitrogens with one attached hydrogen (secondary N) is 1. The van der Waals surface area contributed by atoms with Gasteiger partial charge in [-0.25, -0.2) is 9.78 Å². The van der Waals surface area contributed by atoms with E-state index in [9.17, 15) is 4.79 Å². The Morgan fingerprint density at radius 1 is 1.57 bits per heavy atom. The number of nitrogens with zero attached hydrogens (tertiary/aromatic N) is 3. The monoisotopic (exact) mass is 323 g/mol. The Morgan fingerprint density at radius 3 is 2.87 bits per heavy atom. The molecule has 2 unspecified atom stereocenters. The number of hydrogen-bond acceptors (Lipinski definition) is 5. The maximum atomic E-state index is 12.1. The maximum absolute atomic E-state index is 12.1. The van der Waals surface area contributed by atoms with Crippen LogP contribution in [-0.4, -0.2) is 45.3 Å². The molecule has 1 aliphatic rings. The Bertz CT molecular complexity index is 523. The van der Waals surface area contributed by atoms with E-state index in [1.165, 1.54) is 0 Å². The number of rotatable bonds is 5. The van der Waals surface area contributed by atoms with Crippen LogP contribution in [0.3, 0.4) is 0 Å². The van der Waals surface area contributed by atoms with Gasteiger partial charge in [-0.15, -0.1) is 0 Å². The standard InChI is InChI=1S/C16H29N5O2/c1-16(2,3)23-15(22)21-9-7-12(11-21)13(19-17)5-6-14-18-8-10-20(14)4/h8,10,12-13,19H,5-7,9,11,17H2,1-4H3. The van der Waals surface area contributed by atoms with Crippen LogP contribution in [0, 0.1) is 5.92 Å². The Labute approximate surface area is 138 Å². The van der Waals surface area contributed by atoms with E-state index in [0.29, 0.717) is 12.5 Å². The fourth-order valence-corrected chi connectivity index (χ4v) is 2.99. The van der Waals surface area contributed by atoms with Crippen LogP contribution < -0.4 is 11.3 Å². The van der Waals surface area contributed by atoms with E-state index in [-0.39, 0.29) is 12.1 Å². The topological polar surface area (TPSA) is 85.4 Å². The van der Waals surface area contributed by atoms with Crippen molar-refractivity contribution in [2.45, 2.75) is 51.7 Å². The quantitative estimate of drug-likeness (QED) is 0.633. The minimum absolute atomic E-state index is 0.166. The van der Waals surface area contributed by atoms with E-state index in [4.69, 9.17) is 10.6 Å². The van der Waals surface area contributed by atoms with Gasteiger partial charge in [0, 0.05) is 45.0 Å². The minimum atomic E-state index is -0.459. The van der Waals surface area contributed by atoms with Crippen LogP contribution in [0.15, 0.2) is 12.4 Å². The van der Waals surface area contributed by atoms with E-state index < -0.39 is 5.60 Å². The van der Waals surface area contributed by atoms with E-state index in [1.807, 2.05) is 38.6 Å². The van der Waals surface area contributed by atoms with Crippen LogP contribution in [0.1, 0.15) is 39.4 Å². The zero-order valence-electron chi connectivity index (χ0n) is 14.6. The second-order valence-electron chi connectivity index (χ2n) is 7.24. The normalized spacial score (nSPS) is 19.9. The Kier molecular flexibility index (Phi) is 5.64. The van der Waals surface area contributed by atoms with Crippen molar-refractivity contribution in [1.82, 2.24) is 19.9 Å². The molecule has 2 rings (SSSR count). The number of likely N-dealkylation sites (tertiary alicyclic amines) is 1. The first-order valence-corrected chi connectivity index (χ1v) is 8.20. The van der Waals surface area contributed by atoms with Gasteiger partial charge in [0.15, 0.2) is 0 Å². The summed E-state index contributed by atoms with van der Waals surface area (Å²) in [5, 5.41) is 0. The molecule has 130 valence electrons. The zero-order chi connectivity index (χ0) is 17.0. The van der Waals surface area contributed by atoms with Gasteiger partial charge in [0.25, 0.3) is 0 Å². The third-order valence-electron chi connectivity index (χ3n) is 4.26. The average molecular weight is 323 g/mol. The van der Waals surface area contributed by atoms with Crippen LogP contribution in [0.25, 0.3) is 0 Å². The minimum Gasteiger partial charge on any atom is -0.444 e. The molecule has 7 heteroatoms. The molecule has 0 bridgehead atoms. The summed E-state index contributed by atoms with van der Waals surface area (Å²) >= 11 is 0. The molecule has 0 spiro atoms. The van der Waals surface area contributed by atoms with Gasteiger partial charge in [0.2, 0.25) is 0 Å². The summed E-state index contributed by atoms with van der Waals surface area (Å²) in [4.78, 5) is 18.3. The smallest absolute Gasteiger partial charge is 0.410 e. The van der Waals surface area contributed by atoms with Crippen LogP contribution in [0.5, 0.6) is 0 Å². The van der Waals surface area contributed by atoms with Crippen molar-refractivity contribution in [1.29, 1.82) is 0 Å². The summed E-state index contributed by atoms with van der Waals surface area (Å²) in [5.74, 6) is 7.13. The molecule has 1 amide bonds. The Hall–Kier alpha value is -1.60. The number of imidazole rings is 1. The molecule has 1 aromatic rings. The number of aromatic nitrogens is 2. The lowest BCUT2D eigenvalue weighted by molar-refractivity contribution is 0.0285. The fourth-order valence-electron chi connectivity index (χ4n) is 2.99. The molecule has 1 saturated heterocycles. The van der Waals surface area contributed by atoms with E-state index in [0.717, 1.165) is 31.6 Å². The number of hydrogen-bond donors (Lipinski definition) is 2. The third-order valence-corrected chi connectivity index (χ3v) is 4.26. The lowest BCUT2D eigenvalue weighted by atomic mass is 9.95. The largest absolute Gasteiger partial charge is 0.444 e. The first kappa shape index (κ1) is 17.7. The summed E-state index contributed by atoms with van der Waals surface area (Å²) in [6.07, 6.45) is 6.21. The van der Waals surface area contributed by atoms with E-state index in [2.05, 4.69) is 10.4 Å². The van der Waals surface area contributed by atoms with E-state index >= 15 is 0 Å². The second-order valence-corrected chi connectivity index (χ2v) is 7.24. The number of aryl methyl sites for hydroxylation is 2. The summed E-state index contributed by atoms with van der Waals surface area (Å²) in [6.45, 7) is 7.06. The number of carbonyl (C=O) groups is 1. The molecule has 7 nitrogen and oxygen atoms in total. The van der Waals surface area contributed by atoms with Crippen molar-refractivity contribution >= 4 is 6.09 Å². The second kappa shape index (κ2) is 7.31. The molecular formula is C16H29N5O2. The highest BCUT2D eigenvalue weighted by molar-refractivity contribution is 5.68. The van der Waals surface area contributed by atoms with Crippen molar-refractivity contribution in [3.8, 4) is 0 Å². The molecule has 1 fully saturated rings. The highest BCUT2D eigenvalue weighted by atomic mass is 16.6. The van der Waals surface area contributed by atoms with Gasteiger partial charge in [-0.05, 0) is 39.5 Å². The van der Waals surface area contributed by atoms with Gasteiger partial charge in [-0.1, -0.05) is 0 Å². The molecule has 2 atom stereocenters. The molecule has 23 heavy (non-hydrogen) atoms. The number of nitrogens with two attached hydrogens (primary N) is 1. The third kappa shape index (κ3) is 4.94. The molecule has 0 aliphatic carbocycles. The molecule has 0 saturated carbocycles. The molecule has 1 aromatic heterocycles. The molecule has 3 N–H and O–H groups in total.